The number of carbonyl (C=O) groups excluding carboxylic acids is 1. The van der Waals surface area contributed by atoms with Crippen molar-refractivity contribution in [3.05, 3.63) is 107 Å². The van der Waals surface area contributed by atoms with Crippen LogP contribution in [0.15, 0.2) is 84.9 Å². The number of nitrogens with zero attached hydrogens (tertiary/aromatic N) is 4. The van der Waals surface area contributed by atoms with Crippen LogP contribution in [-0.2, 0) is 20.1 Å². The molecule has 0 aliphatic heterocycles. The highest BCUT2D eigenvalue weighted by atomic mass is 19.1. The Kier molecular flexibility index (Phi) is 6.54. The first-order chi connectivity index (χ1) is 16.0. The molecule has 33 heavy (non-hydrogen) atoms. The van der Waals surface area contributed by atoms with Crippen molar-refractivity contribution >= 4 is 11.7 Å². The second kappa shape index (κ2) is 9.69. The van der Waals surface area contributed by atoms with Gasteiger partial charge < -0.3 is 9.80 Å². The number of hydrogen-bond acceptors (Lipinski definition) is 3. The zero-order chi connectivity index (χ0) is 23.4. The molecule has 0 spiro atoms. The van der Waals surface area contributed by atoms with E-state index in [2.05, 4.69) is 0 Å². The van der Waals surface area contributed by atoms with Gasteiger partial charge in [0.05, 0.1) is 17.8 Å². The van der Waals surface area contributed by atoms with Gasteiger partial charge >= 0.3 is 0 Å². The summed E-state index contributed by atoms with van der Waals surface area (Å²) in [6, 6.07) is 25.8. The third-order valence-corrected chi connectivity index (χ3v) is 5.54. The Bertz CT molecular complexity index is 1240. The van der Waals surface area contributed by atoms with Crippen LogP contribution in [0.3, 0.4) is 0 Å². The van der Waals surface area contributed by atoms with Crippen LogP contribution in [-0.4, -0.2) is 34.7 Å². The predicted molar refractivity (Wildman–Crippen MR) is 129 cm³/mol. The van der Waals surface area contributed by atoms with Crippen LogP contribution in [0.5, 0.6) is 0 Å². The topological polar surface area (TPSA) is 41.4 Å². The molecule has 0 fully saturated rings. The first kappa shape index (κ1) is 22.3. The molecule has 0 radical (unpaired) electrons. The molecule has 6 heteroatoms. The van der Waals surface area contributed by atoms with Crippen LogP contribution in [0.4, 0.5) is 10.2 Å². The van der Waals surface area contributed by atoms with Crippen molar-refractivity contribution in [3.8, 4) is 11.3 Å². The first-order valence-electron chi connectivity index (χ1n) is 10.8. The minimum Gasteiger partial charge on any atom is -0.363 e. The summed E-state index contributed by atoms with van der Waals surface area (Å²) in [5.41, 5.74) is 3.72. The van der Waals surface area contributed by atoms with E-state index in [0.29, 0.717) is 6.54 Å². The summed E-state index contributed by atoms with van der Waals surface area (Å²) < 4.78 is 16.4. The van der Waals surface area contributed by atoms with Gasteiger partial charge in [0.25, 0.3) is 5.91 Å². The average Bonchev–Trinajstić information content (AvgIpc) is 3.15. The fourth-order valence-electron chi connectivity index (χ4n) is 4.09. The van der Waals surface area contributed by atoms with E-state index in [1.165, 1.54) is 12.1 Å². The monoisotopic (exact) mass is 442 g/mol. The summed E-state index contributed by atoms with van der Waals surface area (Å²) >= 11 is 0. The lowest BCUT2D eigenvalue weighted by Gasteiger charge is -2.25. The van der Waals surface area contributed by atoms with E-state index in [1.807, 2.05) is 91.4 Å². The molecule has 1 amide bonds. The van der Waals surface area contributed by atoms with E-state index in [1.54, 1.807) is 17.0 Å². The molecular weight excluding hydrogens is 415 g/mol. The average molecular weight is 443 g/mol. The van der Waals surface area contributed by atoms with Gasteiger partial charge in [-0.2, -0.15) is 5.10 Å². The molecule has 168 valence electrons. The van der Waals surface area contributed by atoms with Crippen LogP contribution in [0.25, 0.3) is 11.3 Å². The second-order valence-electron chi connectivity index (χ2n) is 8.16. The smallest absolute Gasteiger partial charge is 0.257 e. The van der Waals surface area contributed by atoms with E-state index in [0.717, 1.165) is 28.2 Å². The summed E-state index contributed by atoms with van der Waals surface area (Å²) in [6.07, 6.45) is 0. The normalized spacial score (nSPS) is 10.8. The minimum atomic E-state index is -0.525. The van der Waals surface area contributed by atoms with Crippen LogP contribution in [0.1, 0.15) is 21.5 Å². The highest BCUT2D eigenvalue weighted by molar-refractivity contribution is 5.94. The number of halogens is 1. The molecule has 0 aliphatic carbocycles. The summed E-state index contributed by atoms with van der Waals surface area (Å²) in [7, 11) is 5.80. The first-order valence-corrected chi connectivity index (χ1v) is 10.8. The van der Waals surface area contributed by atoms with Gasteiger partial charge in [-0.3, -0.25) is 9.48 Å². The van der Waals surface area contributed by atoms with Crippen LogP contribution in [0, 0.1) is 5.82 Å². The summed E-state index contributed by atoms with van der Waals surface area (Å²) in [4.78, 5) is 17.2. The van der Waals surface area contributed by atoms with E-state index in [9.17, 15) is 9.18 Å². The maximum atomic E-state index is 14.6. The predicted octanol–water partition coefficient (Wildman–Crippen LogP) is 5.13. The maximum Gasteiger partial charge on any atom is 0.257 e. The number of aromatic nitrogens is 2. The Labute approximate surface area is 193 Å². The van der Waals surface area contributed by atoms with E-state index in [-0.39, 0.29) is 18.0 Å². The Morgan fingerprint density at radius 1 is 0.879 bits per heavy atom. The lowest BCUT2D eigenvalue weighted by atomic mass is 10.1. The standard InChI is InChI=1S/C27H27FN4O/c1-30(2)26-23(25(29-31(26)3)21-14-8-5-9-15-21)19-32(18-20-12-6-4-7-13-20)27(33)22-16-10-11-17-24(22)28/h4-17H,18-19H2,1-3H3. The van der Waals surface area contributed by atoms with Crippen LogP contribution >= 0.6 is 0 Å². The Balaban J connectivity index is 1.80. The number of benzene rings is 3. The quantitative estimate of drug-likeness (QED) is 0.398. The number of carbonyl (C=O) groups is 1. The van der Waals surface area contributed by atoms with E-state index >= 15 is 0 Å². The summed E-state index contributed by atoms with van der Waals surface area (Å²) in [5.74, 6) is 0.0145. The van der Waals surface area contributed by atoms with Crippen molar-refractivity contribution in [2.75, 3.05) is 19.0 Å². The zero-order valence-corrected chi connectivity index (χ0v) is 19.1. The van der Waals surface area contributed by atoms with Crippen molar-refractivity contribution in [2.24, 2.45) is 7.05 Å². The molecule has 1 heterocycles. The number of anilines is 1. The molecular formula is C27H27FN4O. The van der Waals surface area contributed by atoms with Gasteiger partial charge in [-0.25, -0.2) is 4.39 Å². The van der Waals surface area contributed by atoms with Gasteiger partial charge in [0, 0.05) is 38.8 Å². The third kappa shape index (κ3) is 4.80. The lowest BCUT2D eigenvalue weighted by Crippen LogP contribution is -2.31. The Hall–Kier alpha value is -3.93. The molecule has 4 aromatic rings. The Morgan fingerprint density at radius 2 is 1.48 bits per heavy atom. The van der Waals surface area contributed by atoms with Gasteiger partial charge in [-0.05, 0) is 17.7 Å². The second-order valence-corrected chi connectivity index (χ2v) is 8.16. The Morgan fingerprint density at radius 3 is 2.12 bits per heavy atom. The molecule has 0 atom stereocenters. The largest absolute Gasteiger partial charge is 0.363 e. The number of amides is 1. The summed E-state index contributed by atoms with van der Waals surface area (Å²) in [6.45, 7) is 0.637. The van der Waals surface area contributed by atoms with Crippen molar-refractivity contribution < 1.29 is 9.18 Å². The molecule has 0 saturated carbocycles. The minimum absolute atomic E-state index is 0.0602. The highest BCUT2D eigenvalue weighted by Gasteiger charge is 2.26. The van der Waals surface area contributed by atoms with Gasteiger partial charge in [-0.1, -0.05) is 72.8 Å². The van der Waals surface area contributed by atoms with Gasteiger partial charge in [0.1, 0.15) is 11.6 Å². The van der Waals surface area contributed by atoms with Crippen molar-refractivity contribution in [1.29, 1.82) is 0 Å². The molecule has 0 saturated heterocycles. The van der Waals surface area contributed by atoms with E-state index < -0.39 is 5.82 Å². The molecule has 0 aliphatic rings. The van der Waals surface area contributed by atoms with E-state index in [4.69, 9.17) is 5.10 Å². The van der Waals surface area contributed by atoms with Gasteiger partial charge in [0.2, 0.25) is 0 Å². The van der Waals surface area contributed by atoms with Gasteiger partial charge in [0.15, 0.2) is 0 Å². The number of hydrogen-bond donors (Lipinski definition) is 0. The maximum absolute atomic E-state index is 14.6. The van der Waals surface area contributed by atoms with Crippen molar-refractivity contribution in [3.63, 3.8) is 0 Å². The molecule has 0 unspecified atom stereocenters. The van der Waals surface area contributed by atoms with Crippen LogP contribution < -0.4 is 4.90 Å². The zero-order valence-electron chi connectivity index (χ0n) is 19.1. The molecule has 4 rings (SSSR count). The molecule has 0 N–H and O–H groups in total. The third-order valence-electron chi connectivity index (χ3n) is 5.54. The lowest BCUT2D eigenvalue weighted by molar-refractivity contribution is 0.0725. The molecule has 3 aromatic carbocycles. The SMILES string of the molecule is CN(C)c1c(CN(Cc2ccccc2)C(=O)c2ccccc2F)c(-c2ccccc2)nn1C. The van der Waals surface area contributed by atoms with Crippen molar-refractivity contribution in [1.82, 2.24) is 14.7 Å². The molecule has 0 bridgehead atoms. The molecule has 5 nitrogen and oxygen atoms in total. The summed E-state index contributed by atoms with van der Waals surface area (Å²) in [5, 5.41) is 4.77. The van der Waals surface area contributed by atoms with Crippen LogP contribution in [0.2, 0.25) is 0 Å². The fraction of sp³-hybridized carbons (Fsp3) is 0.185. The molecule has 1 aromatic heterocycles. The number of rotatable bonds is 7. The van der Waals surface area contributed by atoms with Crippen molar-refractivity contribution in [2.45, 2.75) is 13.1 Å². The number of aryl methyl sites for hydroxylation is 1. The highest BCUT2D eigenvalue weighted by Crippen LogP contribution is 2.32. The fourth-order valence-corrected chi connectivity index (χ4v) is 4.09. The van der Waals surface area contributed by atoms with Gasteiger partial charge in [-0.15, -0.1) is 0 Å².